The quantitative estimate of drug-likeness (QED) is 0.557. The highest BCUT2D eigenvalue weighted by atomic mass is 16.1. The molecule has 0 fully saturated rings. The molecule has 2 aromatic rings. The third-order valence-electron chi connectivity index (χ3n) is 2.20. The van der Waals surface area contributed by atoms with Gasteiger partial charge in [-0.15, -0.1) is 0 Å². The summed E-state index contributed by atoms with van der Waals surface area (Å²) in [6.45, 7) is 0. The number of ketones is 1. The maximum Gasteiger partial charge on any atom is 0.186 e. The molecule has 0 atom stereocenters. The van der Waals surface area contributed by atoms with Crippen LogP contribution in [0, 0.1) is 6.07 Å². The van der Waals surface area contributed by atoms with Crippen LogP contribution in [0.5, 0.6) is 0 Å². The zero-order chi connectivity index (χ0) is 11.2. The first kappa shape index (κ1) is 10.4. The lowest BCUT2D eigenvalue weighted by Crippen LogP contribution is -1.92. The van der Waals surface area contributed by atoms with Gasteiger partial charge in [0.05, 0.1) is 0 Å². The van der Waals surface area contributed by atoms with Gasteiger partial charge in [0.1, 0.15) is 0 Å². The maximum atomic E-state index is 11.7. The summed E-state index contributed by atoms with van der Waals surface area (Å²) >= 11 is 0. The topological polar surface area (TPSA) is 17.1 Å². The zero-order valence-electron chi connectivity index (χ0n) is 8.76. The van der Waals surface area contributed by atoms with Gasteiger partial charge < -0.3 is 0 Å². The molecule has 0 spiro atoms. The highest BCUT2D eigenvalue weighted by molar-refractivity contribution is 6.06. The Morgan fingerprint density at radius 3 is 2.44 bits per heavy atom. The summed E-state index contributed by atoms with van der Waals surface area (Å²) in [5.41, 5.74) is 1.61. The van der Waals surface area contributed by atoms with Crippen molar-refractivity contribution < 1.29 is 4.79 Å². The van der Waals surface area contributed by atoms with Crippen LogP contribution in [0.15, 0.2) is 60.7 Å². The van der Waals surface area contributed by atoms with Gasteiger partial charge in [-0.3, -0.25) is 4.79 Å². The standard InChI is InChI=1S/C15H11O/c16-15(14-9-5-2-6-10-14)12-11-13-7-3-1-4-8-13/h1-9,11-12H. The van der Waals surface area contributed by atoms with Gasteiger partial charge in [0.25, 0.3) is 0 Å². The molecule has 0 aliphatic heterocycles. The fraction of sp³-hybridized carbons (Fsp3) is 0. The van der Waals surface area contributed by atoms with E-state index in [9.17, 15) is 4.79 Å². The number of allylic oxidation sites excluding steroid dienone is 1. The van der Waals surface area contributed by atoms with Crippen LogP contribution >= 0.6 is 0 Å². The van der Waals surface area contributed by atoms with Crippen molar-refractivity contribution >= 4 is 11.9 Å². The molecule has 0 aromatic heterocycles. The third-order valence-corrected chi connectivity index (χ3v) is 2.20. The number of rotatable bonds is 3. The number of benzene rings is 2. The molecule has 0 aliphatic rings. The van der Waals surface area contributed by atoms with E-state index in [1.807, 2.05) is 48.5 Å². The molecule has 0 amide bonds. The van der Waals surface area contributed by atoms with Crippen molar-refractivity contribution in [3.05, 3.63) is 77.9 Å². The summed E-state index contributed by atoms with van der Waals surface area (Å²) in [4.78, 5) is 11.7. The van der Waals surface area contributed by atoms with Crippen molar-refractivity contribution in [1.29, 1.82) is 0 Å². The van der Waals surface area contributed by atoms with Crippen LogP contribution in [0.3, 0.4) is 0 Å². The van der Waals surface area contributed by atoms with E-state index in [4.69, 9.17) is 0 Å². The molecule has 0 heterocycles. The molecule has 0 aliphatic carbocycles. The van der Waals surface area contributed by atoms with Crippen molar-refractivity contribution in [3.8, 4) is 0 Å². The SMILES string of the molecule is O=C(C=Cc1ccccc1)c1[c]cccc1. The van der Waals surface area contributed by atoms with Crippen LogP contribution in [-0.2, 0) is 0 Å². The Morgan fingerprint density at radius 1 is 1.00 bits per heavy atom. The number of hydrogen-bond donors (Lipinski definition) is 0. The first-order chi connectivity index (χ1) is 7.86. The summed E-state index contributed by atoms with van der Waals surface area (Å²) in [6.07, 6.45) is 3.38. The van der Waals surface area contributed by atoms with E-state index in [2.05, 4.69) is 6.07 Å². The summed E-state index contributed by atoms with van der Waals surface area (Å²) in [7, 11) is 0. The first-order valence-corrected chi connectivity index (χ1v) is 5.10. The monoisotopic (exact) mass is 207 g/mol. The highest BCUT2D eigenvalue weighted by Gasteiger charge is 1.99. The van der Waals surface area contributed by atoms with Gasteiger partial charge in [-0.1, -0.05) is 60.7 Å². The van der Waals surface area contributed by atoms with Crippen LogP contribution in [0.4, 0.5) is 0 Å². The molecule has 16 heavy (non-hydrogen) atoms. The zero-order valence-corrected chi connectivity index (χ0v) is 8.76. The van der Waals surface area contributed by atoms with Gasteiger partial charge in [0, 0.05) is 5.56 Å². The summed E-state index contributed by atoms with van der Waals surface area (Å²) < 4.78 is 0. The van der Waals surface area contributed by atoms with E-state index in [0.717, 1.165) is 5.56 Å². The Bertz CT molecular complexity index is 483. The van der Waals surface area contributed by atoms with Crippen LogP contribution in [0.25, 0.3) is 6.08 Å². The Kier molecular flexibility index (Phi) is 3.29. The van der Waals surface area contributed by atoms with Crippen LogP contribution in [-0.4, -0.2) is 5.78 Å². The van der Waals surface area contributed by atoms with Gasteiger partial charge >= 0.3 is 0 Å². The molecule has 1 heteroatoms. The van der Waals surface area contributed by atoms with Crippen molar-refractivity contribution in [2.75, 3.05) is 0 Å². The maximum absolute atomic E-state index is 11.7. The van der Waals surface area contributed by atoms with Gasteiger partial charge in [-0.2, -0.15) is 0 Å². The van der Waals surface area contributed by atoms with E-state index in [-0.39, 0.29) is 5.78 Å². The Hall–Kier alpha value is -2.15. The minimum Gasteiger partial charge on any atom is -0.289 e. The minimum absolute atomic E-state index is 0.0237. The Labute approximate surface area is 95.1 Å². The molecule has 1 nitrogen and oxygen atoms in total. The van der Waals surface area contributed by atoms with Gasteiger partial charge in [-0.25, -0.2) is 0 Å². The van der Waals surface area contributed by atoms with Crippen molar-refractivity contribution in [3.63, 3.8) is 0 Å². The Balaban J connectivity index is 2.12. The minimum atomic E-state index is -0.0237. The summed E-state index contributed by atoms with van der Waals surface area (Å²) in [6, 6.07) is 19.8. The van der Waals surface area contributed by atoms with E-state index in [0.29, 0.717) is 5.56 Å². The number of carbonyl (C=O) groups excluding carboxylic acids is 1. The molecular formula is C15H11O. The van der Waals surface area contributed by atoms with E-state index < -0.39 is 0 Å². The average molecular weight is 207 g/mol. The largest absolute Gasteiger partial charge is 0.289 e. The van der Waals surface area contributed by atoms with Crippen LogP contribution < -0.4 is 0 Å². The van der Waals surface area contributed by atoms with Crippen molar-refractivity contribution in [2.24, 2.45) is 0 Å². The number of carbonyl (C=O) groups is 1. The predicted molar refractivity (Wildman–Crippen MR) is 65.1 cm³/mol. The van der Waals surface area contributed by atoms with Gasteiger partial charge in [0.2, 0.25) is 0 Å². The van der Waals surface area contributed by atoms with Gasteiger partial charge in [-0.05, 0) is 17.7 Å². The highest BCUT2D eigenvalue weighted by Crippen LogP contribution is 2.04. The van der Waals surface area contributed by atoms with E-state index in [1.54, 1.807) is 18.2 Å². The fourth-order valence-corrected chi connectivity index (χ4v) is 1.37. The molecule has 0 bridgehead atoms. The lowest BCUT2D eigenvalue weighted by molar-refractivity contribution is 0.104. The second-order valence-corrected chi connectivity index (χ2v) is 3.38. The normalized spacial score (nSPS) is 10.5. The fourth-order valence-electron chi connectivity index (χ4n) is 1.37. The van der Waals surface area contributed by atoms with Crippen LogP contribution in [0.2, 0.25) is 0 Å². The van der Waals surface area contributed by atoms with E-state index >= 15 is 0 Å². The second kappa shape index (κ2) is 5.08. The summed E-state index contributed by atoms with van der Waals surface area (Å²) in [5, 5.41) is 0. The van der Waals surface area contributed by atoms with Crippen molar-refractivity contribution in [1.82, 2.24) is 0 Å². The number of hydrogen-bond acceptors (Lipinski definition) is 1. The molecular weight excluding hydrogens is 196 g/mol. The van der Waals surface area contributed by atoms with Crippen molar-refractivity contribution in [2.45, 2.75) is 0 Å². The summed E-state index contributed by atoms with van der Waals surface area (Å²) in [5.74, 6) is -0.0237. The molecule has 0 N–H and O–H groups in total. The molecule has 1 radical (unpaired) electrons. The molecule has 77 valence electrons. The third kappa shape index (κ3) is 2.67. The molecule has 2 aromatic carbocycles. The second-order valence-electron chi connectivity index (χ2n) is 3.38. The lowest BCUT2D eigenvalue weighted by atomic mass is 10.1. The first-order valence-electron chi connectivity index (χ1n) is 5.10. The smallest absolute Gasteiger partial charge is 0.186 e. The molecule has 0 saturated carbocycles. The Morgan fingerprint density at radius 2 is 1.75 bits per heavy atom. The predicted octanol–water partition coefficient (Wildman–Crippen LogP) is 3.38. The van der Waals surface area contributed by atoms with Gasteiger partial charge in [0.15, 0.2) is 5.78 Å². The average Bonchev–Trinajstić information content (AvgIpc) is 2.38. The molecule has 2 rings (SSSR count). The molecule has 0 saturated heterocycles. The van der Waals surface area contributed by atoms with E-state index in [1.165, 1.54) is 0 Å². The lowest BCUT2D eigenvalue weighted by Gasteiger charge is -1.94. The van der Waals surface area contributed by atoms with Crippen LogP contribution in [0.1, 0.15) is 15.9 Å². The molecule has 0 unspecified atom stereocenters.